The summed E-state index contributed by atoms with van der Waals surface area (Å²) in [5, 5.41) is 11.1. The highest BCUT2D eigenvalue weighted by atomic mass is 16.5. The number of Topliss-reactive ketones (excluding diaryl/α,β-unsaturated/α-hetero) is 1. The topological polar surface area (TPSA) is 92.7 Å². The second-order valence-corrected chi connectivity index (χ2v) is 4.63. The predicted molar refractivity (Wildman–Crippen MR) is 76.4 cm³/mol. The van der Waals surface area contributed by atoms with E-state index in [4.69, 9.17) is 9.84 Å². The van der Waals surface area contributed by atoms with Gasteiger partial charge in [-0.05, 0) is 32.4 Å². The van der Waals surface area contributed by atoms with Crippen molar-refractivity contribution >= 4 is 17.7 Å². The number of ether oxygens (including phenoxy) is 1. The minimum absolute atomic E-state index is 0.0101. The molecule has 2 N–H and O–H groups in total. The summed E-state index contributed by atoms with van der Waals surface area (Å²) in [6.07, 6.45) is -0.346. The molecule has 0 radical (unpaired) electrons. The first-order chi connectivity index (χ1) is 9.90. The Labute approximate surface area is 123 Å². The number of amides is 1. The number of nitrogens with one attached hydrogen (secondary N) is 1. The van der Waals surface area contributed by atoms with Crippen LogP contribution in [0.4, 0.5) is 0 Å². The van der Waals surface area contributed by atoms with E-state index in [-0.39, 0.29) is 24.7 Å². The van der Waals surface area contributed by atoms with E-state index in [0.717, 1.165) is 0 Å². The maximum absolute atomic E-state index is 11.8. The Morgan fingerprint density at radius 1 is 1.33 bits per heavy atom. The molecule has 0 saturated carbocycles. The first kappa shape index (κ1) is 16.7. The van der Waals surface area contributed by atoms with Gasteiger partial charge in [0.1, 0.15) is 5.75 Å². The zero-order valence-corrected chi connectivity index (χ0v) is 12.1. The van der Waals surface area contributed by atoms with Crippen LogP contribution in [0.3, 0.4) is 0 Å². The summed E-state index contributed by atoms with van der Waals surface area (Å²) in [6, 6.07) is 6.60. The third-order valence-corrected chi connectivity index (χ3v) is 2.79. The lowest BCUT2D eigenvalue weighted by Gasteiger charge is -2.15. The van der Waals surface area contributed by atoms with Crippen molar-refractivity contribution in [2.75, 3.05) is 6.54 Å². The van der Waals surface area contributed by atoms with Gasteiger partial charge in [-0.15, -0.1) is 0 Å². The van der Waals surface area contributed by atoms with Crippen LogP contribution >= 0.6 is 0 Å². The zero-order chi connectivity index (χ0) is 15.8. The molecule has 0 heterocycles. The number of ketones is 1. The van der Waals surface area contributed by atoms with Gasteiger partial charge in [-0.25, -0.2) is 0 Å². The molecule has 1 unspecified atom stereocenters. The van der Waals surface area contributed by atoms with Crippen molar-refractivity contribution in [2.24, 2.45) is 0 Å². The van der Waals surface area contributed by atoms with E-state index < -0.39 is 12.1 Å². The van der Waals surface area contributed by atoms with E-state index in [1.165, 1.54) is 6.92 Å². The maximum atomic E-state index is 11.8. The van der Waals surface area contributed by atoms with Crippen LogP contribution in [0.2, 0.25) is 0 Å². The van der Waals surface area contributed by atoms with Crippen molar-refractivity contribution in [3.05, 3.63) is 29.8 Å². The van der Waals surface area contributed by atoms with Gasteiger partial charge in [0, 0.05) is 18.5 Å². The summed E-state index contributed by atoms with van der Waals surface area (Å²) in [5.74, 6) is -0.856. The minimum Gasteiger partial charge on any atom is -0.481 e. The predicted octanol–water partition coefficient (Wildman–Crippen LogP) is 1.64. The van der Waals surface area contributed by atoms with Gasteiger partial charge >= 0.3 is 5.97 Å². The second-order valence-electron chi connectivity index (χ2n) is 4.63. The summed E-state index contributed by atoms with van der Waals surface area (Å²) < 4.78 is 5.46. The fourth-order valence-corrected chi connectivity index (χ4v) is 1.64. The summed E-state index contributed by atoms with van der Waals surface area (Å²) in [6.45, 7) is 3.33. The molecule has 0 fully saturated rings. The highest BCUT2D eigenvalue weighted by Crippen LogP contribution is 2.15. The molecule has 1 atom stereocenters. The number of carboxylic acid groups (broad SMARTS) is 1. The molecule has 0 aliphatic rings. The zero-order valence-electron chi connectivity index (χ0n) is 12.1. The molecular weight excluding hydrogens is 274 g/mol. The van der Waals surface area contributed by atoms with E-state index in [0.29, 0.717) is 17.7 Å². The van der Waals surface area contributed by atoms with Gasteiger partial charge in [-0.1, -0.05) is 12.1 Å². The van der Waals surface area contributed by atoms with Crippen LogP contribution in [0.25, 0.3) is 0 Å². The number of hydrogen-bond acceptors (Lipinski definition) is 4. The Bertz CT molecular complexity index is 527. The van der Waals surface area contributed by atoms with Gasteiger partial charge in [0.05, 0.1) is 0 Å². The van der Waals surface area contributed by atoms with E-state index in [2.05, 4.69) is 5.32 Å². The lowest BCUT2D eigenvalue weighted by Crippen LogP contribution is -2.36. The van der Waals surface area contributed by atoms with Crippen LogP contribution in [0, 0.1) is 0 Å². The van der Waals surface area contributed by atoms with Gasteiger partial charge in [0.2, 0.25) is 0 Å². The van der Waals surface area contributed by atoms with Crippen molar-refractivity contribution in [3.8, 4) is 5.75 Å². The van der Waals surface area contributed by atoms with Crippen molar-refractivity contribution in [2.45, 2.75) is 32.8 Å². The van der Waals surface area contributed by atoms with Crippen LogP contribution < -0.4 is 10.1 Å². The Morgan fingerprint density at radius 3 is 2.67 bits per heavy atom. The first-order valence-corrected chi connectivity index (χ1v) is 6.67. The number of benzene rings is 1. The second kappa shape index (κ2) is 8.04. The molecule has 0 aliphatic carbocycles. The smallest absolute Gasteiger partial charge is 0.303 e. The molecule has 0 aromatic heterocycles. The lowest BCUT2D eigenvalue weighted by molar-refractivity contribution is -0.137. The fourth-order valence-electron chi connectivity index (χ4n) is 1.64. The van der Waals surface area contributed by atoms with Crippen LogP contribution in [-0.2, 0) is 9.59 Å². The van der Waals surface area contributed by atoms with Gasteiger partial charge < -0.3 is 15.2 Å². The average Bonchev–Trinajstić information content (AvgIpc) is 2.43. The third-order valence-electron chi connectivity index (χ3n) is 2.79. The number of aliphatic carboxylic acids is 1. The van der Waals surface area contributed by atoms with Crippen LogP contribution in [0.5, 0.6) is 5.75 Å². The minimum atomic E-state index is -0.894. The number of carbonyl (C=O) groups is 3. The Kier molecular flexibility index (Phi) is 6.39. The fraction of sp³-hybridized carbons (Fsp3) is 0.400. The van der Waals surface area contributed by atoms with E-state index in [9.17, 15) is 14.4 Å². The van der Waals surface area contributed by atoms with Gasteiger partial charge in [-0.2, -0.15) is 0 Å². The average molecular weight is 293 g/mol. The molecule has 0 spiro atoms. The lowest BCUT2D eigenvalue weighted by atomic mass is 10.1. The van der Waals surface area contributed by atoms with Crippen molar-refractivity contribution in [1.29, 1.82) is 0 Å². The van der Waals surface area contributed by atoms with Crippen molar-refractivity contribution < 1.29 is 24.2 Å². The number of carbonyl (C=O) groups excluding carboxylic acids is 2. The summed E-state index contributed by atoms with van der Waals surface area (Å²) in [5.41, 5.74) is 0.515. The van der Waals surface area contributed by atoms with E-state index >= 15 is 0 Å². The third kappa shape index (κ3) is 6.07. The number of carboxylic acids is 1. The quantitative estimate of drug-likeness (QED) is 0.561. The SMILES string of the molecule is CC(=O)c1cccc(OC(C)C(=O)NCCCC(=O)O)c1. The van der Waals surface area contributed by atoms with Gasteiger partial charge in [-0.3, -0.25) is 14.4 Å². The summed E-state index contributed by atoms with van der Waals surface area (Å²) in [4.78, 5) is 33.4. The first-order valence-electron chi connectivity index (χ1n) is 6.67. The highest BCUT2D eigenvalue weighted by Gasteiger charge is 2.14. The largest absolute Gasteiger partial charge is 0.481 e. The van der Waals surface area contributed by atoms with Gasteiger partial charge in [0.15, 0.2) is 11.9 Å². The molecule has 1 rings (SSSR count). The Hall–Kier alpha value is -2.37. The maximum Gasteiger partial charge on any atom is 0.303 e. The van der Waals surface area contributed by atoms with E-state index in [1.807, 2.05) is 0 Å². The molecule has 1 aromatic carbocycles. The molecule has 21 heavy (non-hydrogen) atoms. The molecule has 1 aromatic rings. The molecule has 1 amide bonds. The number of rotatable bonds is 8. The summed E-state index contributed by atoms with van der Waals surface area (Å²) in [7, 11) is 0. The molecule has 0 aliphatic heterocycles. The Morgan fingerprint density at radius 2 is 2.05 bits per heavy atom. The monoisotopic (exact) mass is 293 g/mol. The Balaban J connectivity index is 2.46. The van der Waals surface area contributed by atoms with E-state index in [1.54, 1.807) is 31.2 Å². The molecule has 0 saturated heterocycles. The van der Waals surface area contributed by atoms with Crippen LogP contribution in [-0.4, -0.2) is 35.4 Å². The van der Waals surface area contributed by atoms with Crippen LogP contribution in [0.15, 0.2) is 24.3 Å². The number of hydrogen-bond donors (Lipinski definition) is 2. The molecular formula is C15H19NO5. The molecule has 6 heteroatoms. The highest BCUT2D eigenvalue weighted by molar-refractivity contribution is 5.94. The standard InChI is InChI=1S/C15H19NO5/c1-10(17)12-5-3-6-13(9-12)21-11(2)15(20)16-8-4-7-14(18)19/h3,5-6,9,11H,4,7-8H2,1-2H3,(H,16,20)(H,18,19). The molecule has 0 bridgehead atoms. The summed E-state index contributed by atoms with van der Waals surface area (Å²) >= 11 is 0. The van der Waals surface area contributed by atoms with Gasteiger partial charge in [0.25, 0.3) is 5.91 Å². The van der Waals surface area contributed by atoms with Crippen LogP contribution in [0.1, 0.15) is 37.0 Å². The molecule has 114 valence electrons. The molecule has 6 nitrogen and oxygen atoms in total. The van der Waals surface area contributed by atoms with Crippen molar-refractivity contribution in [3.63, 3.8) is 0 Å². The van der Waals surface area contributed by atoms with Crippen molar-refractivity contribution in [1.82, 2.24) is 5.32 Å². The normalized spacial score (nSPS) is 11.5.